The molecule has 0 aliphatic carbocycles. The Labute approximate surface area is 110 Å². The zero-order valence-electron chi connectivity index (χ0n) is 11.5. The lowest BCUT2D eigenvalue weighted by Crippen LogP contribution is -2.38. The van der Waals surface area contributed by atoms with Crippen LogP contribution in [0.5, 0.6) is 0 Å². The van der Waals surface area contributed by atoms with Crippen LogP contribution >= 0.6 is 0 Å². The van der Waals surface area contributed by atoms with Crippen LogP contribution in [0.25, 0.3) is 0 Å². The molecular formula is C14H23FO2Si. The van der Waals surface area contributed by atoms with Gasteiger partial charge in [-0.15, -0.1) is 0 Å². The second-order valence-electron chi connectivity index (χ2n) is 4.48. The summed E-state index contributed by atoms with van der Waals surface area (Å²) in [5.41, 5.74) is 1.17. The summed E-state index contributed by atoms with van der Waals surface area (Å²) in [7, 11) is -1.99. The lowest BCUT2D eigenvalue weighted by Gasteiger charge is -2.25. The minimum absolute atomic E-state index is 0.179. The molecule has 0 aliphatic rings. The largest absolute Gasteiger partial charge is 0.395 e. The molecule has 0 radical (unpaired) electrons. The summed E-state index contributed by atoms with van der Waals surface area (Å²) >= 11 is 0. The second-order valence-corrected chi connectivity index (χ2v) is 7.82. The van der Waals surface area contributed by atoms with Gasteiger partial charge in [0.05, 0.1) is 0 Å². The maximum absolute atomic E-state index is 12.8. The normalized spacial score (nSPS) is 11.8. The van der Waals surface area contributed by atoms with Crippen LogP contribution in [-0.2, 0) is 15.3 Å². The fourth-order valence-corrected chi connectivity index (χ4v) is 4.47. The van der Waals surface area contributed by atoms with Gasteiger partial charge in [0.1, 0.15) is 5.82 Å². The number of hydrogen-bond donors (Lipinski definition) is 0. The van der Waals surface area contributed by atoms with Crippen LogP contribution in [0.15, 0.2) is 24.3 Å². The highest BCUT2D eigenvalue weighted by atomic mass is 28.4. The third-order valence-corrected chi connectivity index (χ3v) is 5.97. The van der Waals surface area contributed by atoms with Crippen molar-refractivity contribution >= 4 is 8.56 Å². The molecule has 0 atom stereocenters. The van der Waals surface area contributed by atoms with Gasteiger partial charge in [0.2, 0.25) is 0 Å². The van der Waals surface area contributed by atoms with E-state index in [4.69, 9.17) is 8.85 Å². The molecule has 0 bridgehead atoms. The first-order valence-electron chi connectivity index (χ1n) is 6.62. The predicted molar refractivity (Wildman–Crippen MR) is 74.4 cm³/mol. The van der Waals surface area contributed by atoms with Gasteiger partial charge < -0.3 is 8.85 Å². The molecule has 1 aromatic carbocycles. The van der Waals surface area contributed by atoms with Gasteiger partial charge in [-0.1, -0.05) is 12.1 Å². The number of halogens is 1. The van der Waals surface area contributed by atoms with Crippen molar-refractivity contribution in [1.29, 1.82) is 0 Å². The quantitative estimate of drug-likeness (QED) is 0.667. The number of rotatable bonds is 8. The summed E-state index contributed by atoms with van der Waals surface area (Å²) < 4.78 is 24.3. The monoisotopic (exact) mass is 270 g/mol. The van der Waals surface area contributed by atoms with Gasteiger partial charge in [0.15, 0.2) is 0 Å². The Hall–Kier alpha value is -0.713. The Balaban J connectivity index is 2.40. The molecule has 4 heteroatoms. The first-order chi connectivity index (χ1) is 8.59. The van der Waals surface area contributed by atoms with Crippen molar-refractivity contribution in [1.82, 2.24) is 0 Å². The fraction of sp³-hybridized carbons (Fsp3) is 0.571. The van der Waals surface area contributed by atoms with E-state index in [1.807, 2.05) is 26.0 Å². The molecule has 0 saturated heterocycles. The lowest BCUT2D eigenvalue weighted by atomic mass is 10.1. The van der Waals surface area contributed by atoms with Gasteiger partial charge in [0.25, 0.3) is 0 Å². The number of hydrogen-bond acceptors (Lipinski definition) is 2. The topological polar surface area (TPSA) is 18.5 Å². The number of benzene rings is 1. The van der Waals surface area contributed by atoms with Crippen molar-refractivity contribution in [3.05, 3.63) is 35.6 Å². The van der Waals surface area contributed by atoms with Crippen molar-refractivity contribution in [3.8, 4) is 0 Å². The minimum atomic E-state index is -1.99. The lowest BCUT2D eigenvalue weighted by molar-refractivity contribution is 0.188. The smallest absolute Gasteiger partial charge is 0.334 e. The Morgan fingerprint density at radius 1 is 1.06 bits per heavy atom. The maximum Gasteiger partial charge on any atom is 0.334 e. The molecule has 0 aliphatic heterocycles. The molecule has 0 N–H and O–H groups in total. The summed E-state index contributed by atoms with van der Waals surface area (Å²) in [5, 5.41) is 0. The average Bonchev–Trinajstić information content (AvgIpc) is 2.32. The van der Waals surface area contributed by atoms with Gasteiger partial charge in [-0.2, -0.15) is 0 Å². The SMILES string of the molecule is CCO[Si](C)(CCCc1ccc(F)cc1)OCC. The van der Waals surface area contributed by atoms with E-state index in [0.29, 0.717) is 13.2 Å². The van der Waals surface area contributed by atoms with E-state index in [1.165, 1.54) is 17.7 Å². The van der Waals surface area contributed by atoms with Gasteiger partial charge in [-0.05, 0) is 57.0 Å². The highest BCUT2D eigenvalue weighted by Gasteiger charge is 2.29. The fourth-order valence-electron chi connectivity index (χ4n) is 2.06. The van der Waals surface area contributed by atoms with Crippen molar-refractivity contribution in [2.75, 3.05) is 13.2 Å². The zero-order valence-corrected chi connectivity index (χ0v) is 12.5. The molecule has 0 saturated carbocycles. The molecule has 0 aromatic heterocycles. The standard InChI is InChI=1S/C14H23FO2Si/c1-4-16-18(3,17-5-2)12-6-7-13-8-10-14(15)11-9-13/h8-11H,4-7,12H2,1-3H3. The molecule has 0 heterocycles. The van der Waals surface area contributed by atoms with Crippen LogP contribution in [-0.4, -0.2) is 21.8 Å². The van der Waals surface area contributed by atoms with Gasteiger partial charge in [0, 0.05) is 13.2 Å². The van der Waals surface area contributed by atoms with E-state index in [-0.39, 0.29) is 5.82 Å². The van der Waals surface area contributed by atoms with E-state index in [9.17, 15) is 4.39 Å². The van der Waals surface area contributed by atoms with Gasteiger partial charge in [-0.3, -0.25) is 0 Å². The molecule has 0 amide bonds. The Kier molecular flexibility index (Phi) is 6.53. The molecule has 102 valence electrons. The molecule has 0 unspecified atom stereocenters. The van der Waals surface area contributed by atoms with Crippen molar-refractivity contribution in [3.63, 3.8) is 0 Å². The van der Waals surface area contributed by atoms with Crippen LogP contribution in [0.2, 0.25) is 12.6 Å². The molecule has 0 fully saturated rings. The Bertz CT molecular complexity index is 334. The van der Waals surface area contributed by atoms with E-state index in [0.717, 1.165) is 18.9 Å². The molecular weight excluding hydrogens is 247 g/mol. The third-order valence-electron chi connectivity index (χ3n) is 2.91. The Morgan fingerprint density at radius 2 is 1.61 bits per heavy atom. The van der Waals surface area contributed by atoms with Crippen LogP contribution in [0.3, 0.4) is 0 Å². The highest BCUT2D eigenvalue weighted by Crippen LogP contribution is 2.18. The first kappa shape index (κ1) is 15.3. The summed E-state index contributed by atoms with van der Waals surface area (Å²) in [5.74, 6) is -0.179. The maximum atomic E-state index is 12.8. The minimum Gasteiger partial charge on any atom is -0.395 e. The van der Waals surface area contributed by atoms with Gasteiger partial charge in [-0.25, -0.2) is 4.39 Å². The van der Waals surface area contributed by atoms with Crippen molar-refractivity contribution in [2.45, 2.75) is 39.3 Å². The molecule has 1 rings (SSSR count). The summed E-state index contributed by atoms with van der Waals surface area (Å²) in [4.78, 5) is 0. The third kappa shape index (κ3) is 5.29. The van der Waals surface area contributed by atoms with E-state index < -0.39 is 8.56 Å². The first-order valence-corrected chi connectivity index (χ1v) is 9.14. The zero-order chi connectivity index (χ0) is 13.4. The summed E-state index contributed by atoms with van der Waals surface area (Å²) in [6.07, 6.45) is 1.97. The second kappa shape index (κ2) is 7.66. The molecule has 1 aromatic rings. The van der Waals surface area contributed by atoms with Crippen LogP contribution < -0.4 is 0 Å². The summed E-state index contributed by atoms with van der Waals surface area (Å²) in [6, 6.07) is 7.69. The van der Waals surface area contributed by atoms with E-state index in [1.54, 1.807) is 0 Å². The Morgan fingerprint density at radius 3 is 2.11 bits per heavy atom. The van der Waals surface area contributed by atoms with Crippen LogP contribution in [0.1, 0.15) is 25.8 Å². The predicted octanol–water partition coefficient (Wildman–Crippen LogP) is 3.90. The van der Waals surface area contributed by atoms with Crippen molar-refractivity contribution < 1.29 is 13.2 Å². The highest BCUT2D eigenvalue weighted by molar-refractivity contribution is 6.66. The van der Waals surface area contributed by atoms with E-state index >= 15 is 0 Å². The van der Waals surface area contributed by atoms with Gasteiger partial charge >= 0.3 is 8.56 Å². The molecule has 2 nitrogen and oxygen atoms in total. The molecule has 0 spiro atoms. The summed E-state index contributed by atoms with van der Waals surface area (Å²) in [6.45, 7) is 7.54. The number of aryl methyl sites for hydroxylation is 1. The van der Waals surface area contributed by atoms with E-state index in [2.05, 4.69) is 6.55 Å². The molecule has 18 heavy (non-hydrogen) atoms. The van der Waals surface area contributed by atoms with Crippen LogP contribution in [0, 0.1) is 5.82 Å². The average molecular weight is 270 g/mol. The van der Waals surface area contributed by atoms with Crippen LogP contribution in [0.4, 0.5) is 4.39 Å². The van der Waals surface area contributed by atoms with Crippen molar-refractivity contribution in [2.24, 2.45) is 0 Å².